The first-order valence-corrected chi connectivity index (χ1v) is 5.97. The molecule has 1 heteroatoms. The highest BCUT2D eigenvalue weighted by Gasteiger charge is 2.32. The van der Waals surface area contributed by atoms with Crippen LogP contribution in [0.1, 0.15) is 33.3 Å². The summed E-state index contributed by atoms with van der Waals surface area (Å²) in [4.78, 5) is 2.58. The third-order valence-electron chi connectivity index (χ3n) is 3.38. The Bertz CT molecular complexity index is 341. The maximum absolute atomic E-state index is 2.58. The average Bonchev–Trinajstić information content (AvgIpc) is 2.56. The number of anilines is 1. The lowest BCUT2D eigenvalue weighted by molar-refractivity contribution is 0.448. The quantitative estimate of drug-likeness (QED) is 0.711. The lowest BCUT2D eigenvalue weighted by Gasteiger charge is -2.34. The van der Waals surface area contributed by atoms with Crippen LogP contribution in [0.15, 0.2) is 24.3 Å². The Morgan fingerprint density at radius 3 is 2.40 bits per heavy atom. The molecule has 15 heavy (non-hydrogen) atoms. The monoisotopic (exact) mass is 203 g/mol. The number of hydrogen-bond donors (Lipinski definition) is 0. The van der Waals surface area contributed by atoms with E-state index in [2.05, 4.69) is 56.9 Å². The van der Waals surface area contributed by atoms with Gasteiger partial charge in [0.2, 0.25) is 0 Å². The van der Waals surface area contributed by atoms with Crippen molar-refractivity contribution in [1.29, 1.82) is 0 Å². The van der Waals surface area contributed by atoms with E-state index in [1.54, 1.807) is 0 Å². The van der Waals surface area contributed by atoms with Gasteiger partial charge in [-0.2, -0.15) is 0 Å². The summed E-state index contributed by atoms with van der Waals surface area (Å²) in [5, 5.41) is 0. The molecule has 0 saturated heterocycles. The number of rotatable bonds is 2. The van der Waals surface area contributed by atoms with E-state index in [9.17, 15) is 0 Å². The van der Waals surface area contributed by atoms with Crippen LogP contribution in [0, 0.1) is 5.92 Å². The highest BCUT2D eigenvalue weighted by Crippen LogP contribution is 2.36. The highest BCUT2D eigenvalue weighted by molar-refractivity contribution is 5.60. The van der Waals surface area contributed by atoms with Crippen LogP contribution in [0.25, 0.3) is 0 Å². The standard InChI is InChI=1S/C14H21N/c1-10(2)14-9-12-7-5-6-8-13(12)15(14)11(3)4/h5-8,10-11,14H,9H2,1-4H3/t14-/m0/s1. The maximum atomic E-state index is 2.58. The van der Waals surface area contributed by atoms with Crippen molar-refractivity contribution in [1.82, 2.24) is 0 Å². The van der Waals surface area contributed by atoms with Crippen molar-refractivity contribution in [2.75, 3.05) is 4.90 Å². The third-order valence-corrected chi connectivity index (χ3v) is 3.38. The SMILES string of the molecule is CC(C)[C@@H]1Cc2ccccc2N1C(C)C. The predicted octanol–water partition coefficient (Wildman–Crippen LogP) is 3.48. The summed E-state index contributed by atoms with van der Waals surface area (Å²) in [6, 6.07) is 10.1. The smallest absolute Gasteiger partial charge is 0.0404 e. The van der Waals surface area contributed by atoms with Gasteiger partial charge in [-0.25, -0.2) is 0 Å². The van der Waals surface area contributed by atoms with Gasteiger partial charge in [0.05, 0.1) is 0 Å². The molecule has 2 rings (SSSR count). The fourth-order valence-electron chi connectivity index (χ4n) is 2.66. The van der Waals surface area contributed by atoms with Crippen molar-refractivity contribution in [3.8, 4) is 0 Å². The summed E-state index contributed by atoms with van der Waals surface area (Å²) >= 11 is 0. The Hall–Kier alpha value is -0.980. The zero-order valence-corrected chi connectivity index (χ0v) is 10.2. The third kappa shape index (κ3) is 1.75. The molecule has 0 radical (unpaired) electrons. The van der Waals surface area contributed by atoms with Crippen molar-refractivity contribution in [3.63, 3.8) is 0 Å². The molecule has 0 amide bonds. The Labute approximate surface area is 93.1 Å². The van der Waals surface area contributed by atoms with E-state index in [0.29, 0.717) is 12.1 Å². The van der Waals surface area contributed by atoms with Crippen molar-refractivity contribution < 1.29 is 0 Å². The van der Waals surface area contributed by atoms with Crippen LogP contribution < -0.4 is 4.90 Å². The van der Waals surface area contributed by atoms with Crippen molar-refractivity contribution >= 4 is 5.69 Å². The molecule has 1 heterocycles. The molecule has 0 aliphatic carbocycles. The fourth-order valence-corrected chi connectivity index (χ4v) is 2.66. The molecule has 82 valence electrons. The number of hydrogen-bond acceptors (Lipinski definition) is 1. The number of nitrogens with zero attached hydrogens (tertiary/aromatic N) is 1. The minimum Gasteiger partial charge on any atom is -0.365 e. The number of benzene rings is 1. The maximum Gasteiger partial charge on any atom is 0.0404 e. The minimum atomic E-state index is 0.598. The van der Waals surface area contributed by atoms with Gasteiger partial charge in [0, 0.05) is 17.8 Å². The lowest BCUT2D eigenvalue weighted by atomic mass is 9.99. The summed E-state index contributed by atoms with van der Waals surface area (Å²) in [5.74, 6) is 0.722. The van der Waals surface area contributed by atoms with Crippen molar-refractivity contribution in [3.05, 3.63) is 29.8 Å². The van der Waals surface area contributed by atoms with Gasteiger partial charge in [-0.15, -0.1) is 0 Å². The van der Waals surface area contributed by atoms with Gasteiger partial charge in [0.25, 0.3) is 0 Å². The topological polar surface area (TPSA) is 3.24 Å². The van der Waals surface area contributed by atoms with Crippen LogP contribution in [-0.2, 0) is 6.42 Å². The summed E-state index contributed by atoms with van der Waals surface area (Å²) < 4.78 is 0. The molecule has 1 aliphatic heterocycles. The molecule has 1 aromatic carbocycles. The molecule has 0 aromatic heterocycles. The fraction of sp³-hybridized carbons (Fsp3) is 0.571. The largest absolute Gasteiger partial charge is 0.365 e. The van der Waals surface area contributed by atoms with Gasteiger partial charge in [-0.3, -0.25) is 0 Å². The zero-order valence-electron chi connectivity index (χ0n) is 10.2. The van der Waals surface area contributed by atoms with Crippen LogP contribution in [0.4, 0.5) is 5.69 Å². The molecule has 0 saturated carbocycles. The first kappa shape index (κ1) is 10.5. The molecule has 1 aromatic rings. The molecular formula is C14H21N. The average molecular weight is 203 g/mol. The van der Waals surface area contributed by atoms with E-state index in [0.717, 1.165) is 5.92 Å². The normalized spacial score (nSPS) is 20.1. The summed E-state index contributed by atoms with van der Waals surface area (Å²) in [6.07, 6.45) is 1.21. The van der Waals surface area contributed by atoms with Crippen LogP contribution in [0.3, 0.4) is 0 Å². The first-order valence-electron chi connectivity index (χ1n) is 5.97. The second-order valence-electron chi connectivity index (χ2n) is 5.15. The van der Waals surface area contributed by atoms with Gasteiger partial charge in [-0.1, -0.05) is 32.0 Å². The Morgan fingerprint density at radius 2 is 1.80 bits per heavy atom. The van der Waals surface area contributed by atoms with Crippen molar-refractivity contribution in [2.45, 2.75) is 46.2 Å². The summed E-state index contributed by atoms with van der Waals surface area (Å²) in [7, 11) is 0. The van der Waals surface area contributed by atoms with Gasteiger partial charge < -0.3 is 4.90 Å². The number of para-hydroxylation sites is 1. The van der Waals surface area contributed by atoms with E-state index in [4.69, 9.17) is 0 Å². The van der Waals surface area contributed by atoms with Crippen LogP contribution in [0.5, 0.6) is 0 Å². The minimum absolute atomic E-state index is 0.598. The van der Waals surface area contributed by atoms with E-state index in [1.807, 2.05) is 0 Å². The molecule has 0 fully saturated rings. The van der Waals surface area contributed by atoms with E-state index in [-0.39, 0.29) is 0 Å². The molecular weight excluding hydrogens is 182 g/mol. The molecule has 0 N–H and O–H groups in total. The van der Waals surface area contributed by atoms with Gasteiger partial charge >= 0.3 is 0 Å². The van der Waals surface area contributed by atoms with Crippen LogP contribution >= 0.6 is 0 Å². The molecule has 1 nitrogen and oxygen atoms in total. The van der Waals surface area contributed by atoms with E-state index >= 15 is 0 Å². The van der Waals surface area contributed by atoms with Crippen LogP contribution in [-0.4, -0.2) is 12.1 Å². The van der Waals surface area contributed by atoms with Gasteiger partial charge in [0.15, 0.2) is 0 Å². The van der Waals surface area contributed by atoms with Gasteiger partial charge in [0.1, 0.15) is 0 Å². The molecule has 0 spiro atoms. The second kappa shape index (κ2) is 3.88. The predicted molar refractivity (Wildman–Crippen MR) is 66.4 cm³/mol. The van der Waals surface area contributed by atoms with E-state index < -0.39 is 0 Å². The lowest BCUT2D eigenvalue weighted by Crippen LogP contribution is -2.40. The molecule has 1 atom stereocenters. The Balaban J connectivity index is 2.38. The highest BCUT2D eigenvalue weighted by atomic mass is 15.2. The second-order valence-corrected chi connectivity index (χ2v) is 5.15. The molecule has 0 unspecified atom stereocenters. The van der Waals surface area contributed by atoms with E-state index in [1.165, 1.54) is 17.7 Å². The summed E-state index contributed by atoms with van der Waals surface area (Å²) in [5.41, 5.74) is 2.97. The Kier molecular flexibility index (Phi) is 2.72. The molecule has 1 aliphatic rings. The first-order chi connectivity index (χ1) is 7.11. The summed E-state index contributed by atoms with van der Waals surface area (Å²) in [6.45, 7) is 9.23. The number of fused-ring (bicyclic) bond motifs is 1. The Morgan fingerprint density at radius 1 is 1.13 bits per heavy atom. The van der Waals surface area contributed by atoms with Crippen molar-refractivity contribution in [2.24, 2.45) is 5.92 Å². The van der Waals surface area contributed by atoms with Gasteiger partial charge in [-0.05, 0) is 37.8 Å². The molecule has 0 bridgehead atoms. The zero-order chi connectivity index (χ0) is 11.0. The van der Waals surface area contributed by atoms with Crippen LogP contribution in [0.2, 0.25) is 0 Å².